The van der Waals surface area contributed by atoms with Crippen molar-refractivity contribution < 1.29 is 22.0 Å². The number of nitrogens with zero attached hydrogens (tertiary/aromatic N) is 2. The number of benzene rings is 3. The third-order valence-corrected chi connectivity index (χ3v) is 6.99. The molecule has 29 heavy (non-hydrogen) atoms. The van der Waals surface area contributed by atoms with Gasteiger partial charge in [0.15, 0.2) is 4.90 Å². The van der Waals surface area contributed by atoms with Gasteiger partial charge in [-0.15, -0.1) is 0 Å². The lowest BCUT2D eigenvalue weighted by atomic mass is 10.1. The number of carbonyl (C=O) groups excluding carboxylic acids is 1. The fourth-order valence-corrected chi connectivity index (χ4v) is 5.03. The van der Waals surface area contributed by atoms with E-state index >= 15 is 0 Å². The quantitative estimate of drug-likeness (QED) is 0.659. The van der Waals surface area contributed by atoms with Crippen LogP contribution in [0.3, 0.4) is 0 Å². The first-order valence-electron chi connectivity index (χ1n) is 9.10. The topological polar surface area (TPSA) is 57.7 Å². The Hall–Kier alpha value is -2.84. The summed E-state index contributed by atoms with van der Waals surface area (Å²) in [7, 11) is -4.32. The predicted octanol–water partition coefficient (Wildman–Crippen LogP) is 3.26. The maximum Gasteiger partial charge on any atom is 0.253 e. The Morgan fingerprint density at radius 2 is 1.41 bits per heavy atom. The standard InChI is InChI=1S/C21H18F2N2O3S/c22-18-6-3-7-19(23)20(18)29(27,28)25-12-10-24(11-13-25)21(26)17-9-8-15-4-1-2-5-16(15)14-17/h1-9,14H,10-13H2. The molecule has 3 aromatic rings. The molecule has 4 rings (SSSR count). The van der Waals surface area contributed by atoms with Crippen molar-refractivity contribution in [1.82, 2.24) is 9.21 Å². The largest absolute Gasteiger partial charge is 0.336 e. The SMILES string of the molecule is O=C(c1ccc2ccccc2c1)N1CCN(S(=O)(=O)c2c(F)cccc2F)CC1. The molecule has 150 valence electrons. The van der Waals surface area contributed by atoms with Crippen LogP contribution >= 0.6 is 0 Å². The summed E-state index contributed by atoms with van der Waals surface area (Å²) in [6, 6.07) is 16.0. The first-order valence-corrected chi connectivity index (χ1v) is 10.5. The van der Waals surface area contributed by atoms with E-state index in [1.807, 2.05) is 30.3 Å². The van der Waals surface area contributed by atoms with Gasteiger partial charge in [-0.1, -0.05) is 36.4 Å². The summed E-state index contributed by atoms with van der Waals surface area (Å²) in [5.41, 5.74) is 0.514. The molecule has 5 nitrogen and oxygen atoms in total. The van der Waals surface area contributed by atoms with Crippen LogP contribution in [0.4, 0.5) is 8.78 Å². The van der Waals surface area contributed by atoms with Gasteiger partial charge in [0, 0.05) is 31.7 Å². The van der Waals surface area contributed by atoms with E-state index in [1.54, 1.807) is 17.0 Å². The first-order chi connectivity index (χ1) is 13.9. The zero-order valence-corrected chi connectivity index (χ0v) is 16.2. The second-order valence-corrected chi connectivity index (χ2v) is 8.68. The Labute approximate surface area is 167 Å². The Bertz CT molecular complexity index is 1170. The lowest BCUT2D eigenvalue weighted by Gasteiger charge is -2.34. The minimum absolute atomic E-state index is 0.0323. The van der Waals surface area contributed by atoms with Crippen molar-refractivity contribution >= 4 is 26.7 Å². The zero-order chi connectivity index (χ0) is 20.6. The summed E-state index contributed by atoms with van der Waals surface area (Å²) in [5, 5.41) is 1.96. The maximum atomic E-state index is 13.9. The lowest BCUT2D eigenvalue weighted by molar-refractivity contribution is 0.0697. The van der Waals surface area contributed by atoms with E-state index in [-0.39, 0.29) is 32.1 Å². The zero-order valence-electron chi connectivity index (χ0n) is 15.4. The fourth-order valence-electron chi connectivity index (χ4n) is 3.49. The predicted molar refractivity (Wildman–Crippen MR) is 105 cm³/mol. The number of hydrogen-bond donors (Lipinski definition) is 0. The van der Waals surface area contributed by atoms with Crippen LogP contribution in [0.5, 0.6) is 0 Å². The average molecular weight is 416 g/mol. The Morgan fingerprint density at radius 3 is 2.07 bits per heavy atom. The second-order valence-electron chi connectivity index (χ2n) is 6.81. The molecule has 3 aromatic carbocycles. The van der Waals surface area contributed by atoms with Gasteiger partial charge in [0.1, 0.15) is 11.6 Å². The molecule has 0 saturated carbocycles. The summed E-state index contributed by atoms with van der Waals surface area (Å²) < 4.78 is 54.2. The van der Waals surface area contributed by atoms with Crippen molar-refractivity contribution in [2.75, 3.05) is 26.2 Å². The number of sulfonamides is 1. The van der Waals surface area contributed by atoms with E-state index in [1.165, 1.54) is 0 Å². The Morgan fingerprint density at radius 1 is 0.793 bits per heavy atom. The number of piperazine rings is 1. The number of rotatable bonds is 3. The van der Waals surface area contributed by atoms with Crippen molar-refractivity contribution in [1.29, 1.82) is 0 Å². The van der Waals surface area contributed by atoms with E-state index in [0.29, 0.717) is 5.56 Å². The summed E-state index contributed by atoms with van der Waals surface area (Å²) in [4.78, 5) is 13.4. The monoisotopic (exact) mass is 416 g/mol. The van der Waals surface area contributed by atoms with Crippen LogP contribution < -0.4 is 0 Å². The van der Waals surface area contributed by atoms with E-state index in [0.717, 1.165) is 33.3 Å². The number of amides is 1. The van der Waals surface area contributed by atoms with E-state index in [4.69, 9.17) is 0 Å². The van der Waals surface area contributed by atoms with Crippen molar-refractivity contribution in [2.45, 2.75) is 4.90 Å². The number of fused-ring (bicyclic) bond motifs is 1. The van der Waals surface area contributed by atoms with Crippen LogP contribution in [0.25, 0.3) is 10.8 Å². The summed E-state index contributed by atoms with van der Waals surface area (Å²) >= 11 is 0. The van der Waals surface area contributed by atoms with Gasteiger partial charge in [0.2, 0.25) is 10.0 Å². The molecule has 0 bridgehead atoms. The van der Waals surface area contributed by atoms with Crippen LogP contribution in [0.1, 0.15) is 10.4 Å². The number of hydrogen-bond acceptors (Lipinski definition) is 3. The molecule has 0 unspecified atom stereocenters. The Kier molecular flexibility index (Phi) is 5.06. The van der Waals surface area contributed by atoms with Gasteiger partial charge in [-0.2, -0.15) is 4.31 Å². The van der Waals surface area contributed by atoms with Crippen LogP contribution in [-0.4, -0.2) is 49.7 Å². The van der Waals surface area contributed by atoms with Crippen molar-refractivity contribution in [3.8, 4) is 0 Å². The summed E-state index contributed by atoms with van der Waals surface area (Å²) in [6.07, 6.45) is 0. The molecule has 0 spiro atoms. The summed E-state index contributed by atoms with van der Waals surface area (Å²) in [5.74, 6) is -2.45. The molecule has 1 aliphatic rings. The minimum atomic E-state index is -4.32. The first kappa shape index (κ1) is 19.5. The molecule has 0 N–H and O–H groups in total. The normalized spacial score (nSPS) is 15.6. The van der Waals surface area contributed by atoms with E-state index in [9.17, 15) is 22.0 Å². The van der Waals surface area contributed by atoms with Crippen LogP contribution in [0.2, 0.25) is 0 Å². The molecular weight excluding hydrogens is 398 g/mol. The average Bonchev–Trinajstić information content (AvgIpc) is 2.72. The van der Waals surface area contributed by atoms with Gasteiger partial charge in [-0.25, -0.2) is 17.2 Å². The number of halogens is 2. The van der Waals surface area contributed by atoms with Crippen LogP contribution in [0, 0.1) is 11.6 Å². The molecule has 8 heteroatoms. The van der Waals surface area contributed by atoms with Crippen molar-refractivity contribution in [3.05, 3.63) is 77.9 Å². The lowest BCUT2D eigenvalue weighted by Crippen LogP contribution is -2.50. The van der Waals surface area contributed by atoms with Gasteiger partial charge in [-0.05, 0) is 35.0 Å². The smallest absolute Gasteiger partial charge is 0.253 e. The molecule has 1 saturated heterocycles. The maximum absolute atomic E-state index is 13.9. The third kappa shape index (κ3) is 3.61. The number of carbonyl (C=O) groups is 1. The minimum Gasteiger partial charge on any atom is -0.336 e. The van der Waals surface area contributed by atoms with Gasteiger partial charge < -0.3 is 4.90 Å². The fraction of sp³-hybridized carbons (Fsp3) is 0.190. The second kappa shape index (κ2) is 7.53. The molecule has 1 fully saturated rings. The molecule has 0 radical (unpaired) electrons. The molecule has 0 aliphatic carbocycles. The molecule has 1 heterocycles. The summed E-state index contributed by atoms with van der Waals surface area (Å²) in [6.45, 7) is 0.215. The highest BCUT2D eigenvalue weighted by Gasteiger charge is 2.34. The highest BCUT2D eigenvalue weighted by molar-refractivity contribution is 7.89. The van der Waals surface area contributed by atoms with Gasteiger partial charge in [-0.3, -0.25) is 4.79 Å². The Balaban J connectivity index is 1.50. The highest BCUT2D eigenvalue weighted by Crippen LogP contribution is 2.24. The third-order valence-electron chi connectivity index (χ3n) is 5.04. The van der Waals surface area contributed by atoms with Crippen LogP contribution in [0.15, 0.2) is 65.6 Å². The van der Waals surface area contributed by atoms with Crippen molar-refractivity contribution in [3.63, 3.8) is 0 Å². The van der Waals surface area contributed by atoms with Gasteiger partial charge >= 0.3 is 0 Å². The van der Waals surface area contributed by atoms with E-state index < -0.39 is 26.6 Å². The van der Waals surface area contributed by atoms with Crippen LogP contribution in [-0.2, 0) is 10.0 Å². The van der Waals surface area contributed by atoms with Crippen molar-refractivity contribution in [2.24, 2.45) is 0 Å². The molecule has 1 aliphatic heterocycles. The van der Waals surface area contributed by atoms with Gasteiger partial charge in [0.05, 0.1) is 0 Å². The van der Waals surface area contributed by atoms with Gasteiger partial charge in [0.25, 0.3) is 5.91 Å². The molecule has 1 amide bonds. The highest BCUT2D eigenvalue weighted by atomic mass is 32.2. The molecule has 0 aromatic heterocycles. The molecule has 0 atom stereocenters. The van der Waals surface area contributed by atoms with E-state index in [2.05, 4.69) is 0 Å². The molecular formula is C21H18F2N2O3S.